The van der Waals surface area contributed by atoms with E-state index in [0.29, 0.717) is 6.42 Å². The molecule has 22 heavy (non-hydrogen) atoms. The second-order valence-corrected chi connectivity index (χ2v) is 5.80. The van der Waals surface area contributed by atoms with E-state index in [4.69, 9.17) is 0 Å². The molecule has 0 aromatic heterocycles. The van der Waals surface area contributed by atoms with Gasteiger partial charge in [-0.15, -0.1) is 0 Å². The zero-order valence-electron chi connectivity index (χ0n) is 12.9. The van der Waals surface area contributed by atoms with Crippen molar-refractivity contribution in [2.45, 2.75) is 50.6 Å². The third kappa shape index (κ3) is 5.02. The highest BCUT2D eigenvalue weighted by Crippen LogP contribution is 2.17. The van der Waals surface area contributed by atoms with E-state index in [9.17, 15) is 9.59 Å². The maximum absolute atomic E-state index is 12.5. The van der Waals surface area contributed by atoms with Crippen molar-refractivity contribution in [3.8, 4) is 0 Å². The van der Waals surface area contributed by atoms with Gasteiger partial charge in [0.2, 0.25) is 11.8 Å². The van der Waals surface area contributed by atoms with Crippen LogP contribution < -0.4 is 10.6 Å². The molecule has 1 aromatic carbocycles. The number of benzene rings is 1. The molecule has 1 fully saturated rings. The van der Waals surface area contributed by atoms with E-state index in [1.807, 2.05) is 30.3 Å². The normalized spacial score (nSPS) is 16.5. The molecule has 1 atom stereocenters. The Morgan fingerprint density at radius 2 is 1.86 bits per heavy atom. The summed E-state index contributed by atoms with van der Waals surface area (Å²) in [6.45, 7) is 3.45. The van der Waals surface area contributed by atoms with Gasteiger partial charge in [0, 0.05) is 12.5 Å². The van der Waals surface area contributed by atoms with E-state index in [1.54, 1.807) is 0 Å². The summed E-state index contributed by atoms with van der Waals surface area (Å²) in [7, 11) is 0. The Bertz CT molecular complexity index is 507. The predicted molar refractivity (Wildman–Crippen MR) is 87.3 cm³/mol. The minimum absolute atomic E-state index is 0.106. The average molecular weight is 300 g/mol. The number of nitrogens with one attached hydrogen (secondary N) is 2. The molecule has 1 saturated carbocycles. The first-order chi connectivity index (χ1) is 10.7. The molecule has 0 radical (unpaired) electrons. The molecule has 0 heterocycles. The van der Waals surface area contributed by atoms with Gasteiger partial charge in [-0.3, -0.25) is 9.59 Å². The minimum Gasteiger partial charge on any atom is -0.352 e. The van der Waals surface area contributed by atoms with Crippen LogP contribution in [0.25, 0.3) is 0 Å². The zero-order chi connectivity index (χ0) is 15.8. The van der Waals surface area contributed by atoms with Crippen LogP contribution in [-0.4, -0.2) is 23.9 Å². The van der Waals surface area contributed by atoms with Crippen LogP contribution in [-0.2, 0) is 16.0 Å². The smallest absolute Gasteiger partial charge is 0.244 e. The third-order valence-electron chi connectivity index (χ3n) is 4.05. The number of hydrogen-bond acceptors (Lipinski definition) is 2. The molecule has 4 heteroatoms. The van der Waals surface area contributed by atoms with Crippen molar-refractivity contribution in [3.05, 3.63) is 48.6 Å². The highest BCUT2D eigenvalue weighted by Gasteiger charge is 2.23. The Hall–Kier alpha value is -2.10. The fourth-order valence-corrected chi connectivity index (χ4v) is 2.84. The number of amides is 2. The molecular weight excluding hydrogens is 276 g/mol. The van der Waals surface area contributed by atoms with Crippen LogP contribution in [0.15, 0.2) is 43.0 Å². The van der Waals surface area contributed by atoms with E-state index in [2.05, 4.69) is 17.2 Å². The summed E-state index contributed by atoms with van der Waals surface area (Å²) in [5, 5.41) is 5.82. The molecule has 2 N–H and O–H groups in total. The van der Waals surface area contributed by atoms with Gasteiger partial charge in [0.25, 0.3) is 0 Å². The van der Waals surface area contributed by atoms with E-state index in [-0.39, 0.29) is 17.9 Å². The fourth-order valence-electron chi connectivity index (χ4n) is 2.84. The summed E-state index contributed by atoms with van der Waals surface area (Å²) in [4.78, 5) is 24.1. The molecular formula is C18H24N2O2. The molecule has 1 aromatic rings. The van der Waals surface area contributed by atoms with Crippen molar-refractivity contribution in [2.75, 3.05) is 0 Å². The quantitative estimate of drug-likeness (QED) is 0.792. The van der Waals surface area contributed by atoms with Gasteiger partial charge in [0.05, 0.1) is 0 Å². The molecule has 0 saturated heterocycles. The lowest BCUT2D eigenvalue weighted by atomic mass is 9.95. The summed E-state index contributed by atoms with van der Waals surface area (Å²) < 4.78 is 0. The molecule has 2 amide bonds. The molecule has 118 valence electrons. The van der Waals surface area contributed by atoms with Crippen LogP contribution in [0.1, 0.15) is 37.7 Å². The van der Waals surface area contributed by atoms with Gasteiger partial charge in [-0.05, 0) is 24.5 Å². The maximum atomic E-state index is 12.5. The maximum Gasteiger partial charge on any atom is 0.244 e. The van der Waals surface area contributed by atoms with Crippen molar-refractivity contribution >= 4 is 11.8 Å². The average Bonchev–Trinajstić information content (AvgIpc) is 2.56. The van der Waals surface area contributed by atoms with Crippen LogP contribution in [0, 0.1) is 0 Å². The predicted octanol–water partition coefficient (Wildman–Crippen LogP) is 2.35. The fraction of sp³-hybridized carbons (Fsp3) is 0.444. The standard InChI is InChI=1S/C18H24N2O2/c1-2-17(21)20-16(13-14-9-5-3-6-10-14)18(22)19-15-11-7-4-8-12-15/h2-3,5-6,9-10,15-16H,1,4,7-8,11-13H2,(H,19,22)(H,20,21)/t16-/m0/s1. The zero-order valence-corrected chi connectivity index (χ0v) is 12.9. The monoisotopic (exact) mass is 300 g/mol. The largest absolute Gasteiger partial charge is 0.352 e. The molecule has 2 rings (SSSR count). The molecule has 1 aliphatic carbocycles. The number of carbonyl (C=O) groups excluding carboxylic acids is 2. The van der Waals surface area contributed by atoms with Crippen molar-refractivity contribution in [1.29, 1.82) is 0 Å². The van der Waals surface area contributed by atoms with Gasteiger partial charge < -0.3 is 10.6 Å². The molecule has 1 aliphatic rings. The van der Waals surface area contributed by atoms with Crippen LogP contribution in [0.2, 0.25) is 0 Å². The topological polar surface area (TPSA) is 58.2 Å². The lowest BCUT2D eigenvalue weighted by Gasteiger charge is -2.26. The summed E-state index contributed by atoms with van der Waals surface area (Å²) in [5.74, 6) is -0.425. The first-order valence-electron chi connectivity index (χ1n) is 7.96. The van der Waals surface area contributed by atoms with Gasteiger partial charge in [-0.2, -0.15) is 0 Å². The van der Waals surface area contributed by atoms with Crippen molar-refractivity contribution < 1.29 is 9.59 Å². The Morgan fingerprint density at radius 3 is 2.50 bits per heavy atom. The lowest BCUT2D eigenvalue weighted by molar-refractivity contribution is -0.127. The van der Waals surface area contributed by atoms with Crippen molar-refractivity contribution in [3.63, 3.8) is 0 Å². The van der Waals surface area contributed by atoms with E-state index in [0.717, 1.165) is 31.2 Å². The summed E-state index contributed by atoms with van der Waals surface area (Å²) in [6.07, 6.45) is 7.30. The van der Waals surface area contributed by atoms with Gasteiger partial charge in [-0.25, -0.2) is 0 Å². The lowest BCUT2D eigenvalue weighted by Crippen LogP contribution is -2.50. The van der Waals surface area contributed by atoms with E-state index >= 15 is 0 Å². The second-order valence-electron chi connectivity index (χ2n) is 5.80. The molecule has 0 aliphatic heterocycles. The summed E-state index contributed by atoms with van der Waals surface area (Å²) in [6, 6.07) is 9.39. The van der Waals surface area contributed by atoms with Crippen LogP contribution in [0.4, 0.5) is 0 Å². The minimum atomic E-state index is -0.560. The Labute approximate surface area is 132 Å². The number of rotatable bonds is 6. The Morgan fingerprint density at radius 1 is 1.18 bits per heavy atom. The van der Waals surface area contributed by atoms with Gasteiger partial charge in [0.15, 0.2) is 0 Å². The first kappa shape index (κ1) is 16.3. The van der Waals surface area contributed by atoms with E-state index < -0.39 is 6.04 Å². The van der Waals surface area contributed by atoms with E-state index in [1.165, 1.54) is 12.5 Å². The SMILES string of the molecule is C=CC(=O)N[C@@H](Cc1ccccc1)C(=O)NC1CCCCC1. The Kier molecular flexibility index (Phi) is 6.19. The molecule has 0 unspecified atom stereocenters. The van der Waals surface area contributed by atoms with Crippen LogP contribution in [0.3, 0.4) is 0 Å². The van der Waals surface area contributed by atoms with Crippen molar-refractivity contribution in [1.82, 2.24) is 10.6 Å². The highest BCUT2D eigenvalue weighted by atomic mass is 16.2. The van der Waals surface area contributed by atoms with Crippen molar-refractivity contribution in [2.24, 2.45) is 0 Å². The van der Waals surface area contributed by atoms with Crippen LogP contribution in [0.5, 0.6) is 0 Å². The van der Waals surface area contributed by atoms with Crippen LogP contribution >= 0.6 is 0 Å². The number of hydrogen-bond donors (Lipinski definition) is 2. The van der Waals surface area contributed by atoms with Gasteiger partial charge in [0.1, 0.15) is 6.04 Å². The van der Waals surface area contributed by atoms with Gasteiger partial charge in [-0.1, -0.05) is 56.2 Å². The third-order valence-corrected chi connectivity index (χ3v) is 4.05. The molecule has 0 spiro atoms. The second kappa shape index (κ2) is 8.37. The first-order valence-corrected chi connectivity index (χ1v) is 7.96. The summed E-state index contributed by atoms with van der Waals surface area (Å²) >= 11 is 0. The molecule has 4 nitrogen and oxygen atoms in total. The summed E-state index contributed by atoms with van der Waals surface area (Å²) in [5.41, 5.74) is 1.02. The molecule has 0 bridgehead atoms. The number of carbonyl (C=O) groups is 2. The highest BCUT2D eigenvalue weighted by molar-refractivity contribution is 5.92. The Balaban J connectivity index is 2.00. The van der Waals surface area contributed by atoms with Gasteiger partial charge >= 0.3 is 0 Å².